The summed E-state index contributed by atoms with van der Waals surface area (Å²) in [5.74, 6) is -0.0458. The van der Waals surface area contributed by atoms with Crippen molar-refractivity contribution in [3.05, 3.63) is 35.9 Å². The van der Waals surface area contributed by atoms with E-state index in [1.807, 2.05) is 51.1 Å². The van der Waals surface area contributed by atoms with Crippen LogP contribution in [0.3, 0.4) is 0 Å². The maximum absolute atomic E-state index is 12.0. The van der Waals surface area contributed by atoms with Crippen LogP contribution in [0.1, 0.15) is 26.3 Å². The van der Waals surface area contributed by atoms with Gasteiger partial charge in [0.2, 0.25) is 5.91 Å². The predicted octanol–water partition coefficient (Wildman–Crippen LogP) is 2.31. The first-order chi connectivity index (χ1) is 9.93. The van der Waals surface area contributed by atoms with Crippen LogP contribution in [0.25, 0.3) is 0 Å². The van der Waals surface area contributed by atoms with Gasteiger partial charge >= 0.3 is 0 Å². The van der Waals surface area contributed by atoms with E-state index < -0.39 is 5.41 Å². The second kappa shape index (κ2) is 8.77. The number of ether oxygens (including phenoxy) is 1. The summed E-state index contributed by atoms with van der Waals surface area (Å²) in [5.41, 5.74) is 0.635. The first-order valence-electron chi connectivity index (χ1n) is 7.01. The highest BCUT2D eigenvalue weighted by Gasteiger charge is 2.24. The van der Waals surface area contributed by atoms with E-state index in [0.717, 1.165) is 5.56 Å². The van der Waals surface area contributed by atoms with Crippen LogP contribution in [0.15, 0.2) is 30.3 Å². The molecule has 1 rings (SSSR count). The highest BCUT2D eigenvalue weighted by atomic mass is 17.2. The van der Waals surface area contributed by atoms with Crippen LogP contribution >= 0.6 is 0 Å². The minimum absolute atomic E-state index is 0.0458. The molecule has 1 amide bonds. The Balaban J connectivity index is 2.44. The molecule has 0 radical (unpaired) electrons. The van der Waals surface area contributed by atoms with Crippen molar-refractivity contribution in [3.63, 3.8) is 0 Å². The monoisotopic (exact) mass is 295 g/mol. The third-order valence-corrected chi connectivity index (χ3v) is 2.83. The normalized spacial score (nSPS) is 13.0. The van der Waals surface area contributed by atoms with E-state index in [2.05, 4.69) is 10.2 Å². The molecule has 1 aromatic carbocycles. The fourth-order valence-electron chi connectivity index (χ4n) is 1.58. The number of carbonyl (C=O) groups is 1. The number of carbonyl (C=O) groups excluding carboxylic acids is 1. The fraction of sp³-hybridized carbons (Fsp3) is 0.562. The molecule has 0 aliphatic rings. The van der Waals surface area contributed by atoms with Crippen LogP contribution in [0.2, 0.25) is 0 Å². The number of benzene rings is 1. The van der Waals surface area contributed by atoms with Crippen LogP contribution in [0, 0.1) is 5.41 Å². The van der Waals surface area contributed by atoms with Crippen molar-refractivity contribution in [1.82, 2.24) is 5.32 Å². The average Bonchev–Trinajstić information content (AvgIpc) is 2.44. The Bertz CT molecular complexity index is 414. The highest BCUT2D eigenvalue weighted by molar-refractivity contribution is 5.81. The van der Waals surface area contributed by atoms with Crippen LogP contribution in [0.5, 0.6) is 0 Å². The second-order valence-corrected chi connectivity index (χ2v) is 5.87. The van der Waals surface area contributed by atoms with E-state index in [-0.39, 0.29) is 18.6 Å². The van der Waals surface area contributed by atoms with E-state index in [9.17, 15) is 4.79 Å². The Kier molecular flexibility index (Phi) is 7.36. The molecule has 1 atom stereocenters. The summed E-state index contributed by atoms with van der Waals surface area (Å²) >= 11 is 0. The molecule has 1 aromatic rings. The van der Waals surface area contributed by atoms with Gasteiger partial charge in [0.05, 0.1) is 26.4 Å². The number of amides is 1. The van der Waals surface area contributed by atoms with E-state index >= 15 is 0 Å². The first-order valence-corrected chi connectivity index (χ1v) is 7.01. The average molecular weight is 295 g/mol. The van der Waals surface area contributed by atoms with Crippen LogP contribution < -0.4 is 5.32 Å². The van der Waals surface area contributed by atoms with Crippen molar-refractivity contribution >= 4 is 5.91 Å². The number of rotatable bonds is 8. The molecule has 5 nitrogen and oxygen atoms in total. The molecule has 21 heavy (non-hydrogen) atoms. The van der Waals surface area contributed by atoms with E-state index in [1.165, 1.54) is 7.11 Å². The lowest BCUT2D eigenvalue weighted by molar-refractivity contribution is -0.277. The zero-order chi connectivity index (χ0) is 15.7. The topological polar surface area (TPSA) is 56.8 Å². The molecule has 0 aliphatic carbocycles. The lowest BCUT2D eigenvalue weighted by Crippen LogP contribution is -2.46. The van der Waals surface area contributed by atoms with Crippen molar-refractivity contribution in [2.45, 2.75) is 33.4 Å². The maximum atomic E-state index is 12.0. The number of hydrogen-bond acceptors (Lipinski definition) is 4. The SMILES string of the molecule is COOCC(COCc1ccccc1)NC(=O)C(C)(C)C. The van der Waals surface area contributed by atoms with Crippen molar-refractivity contribution in [3.8, 4) is 0 Å². The first kappa shape index (κ1) is 17.6. The summed E-state index contributed by atoms with van der Waals surface area (Å²) < 4.78 is 5.64. The lowest BCUT2D eigenvalue weighted by Gasteiger charge is -2.23. The quantitative estimate of drug-likeness (QED) is 0.590. The molecule has 0 aromatic heterocycles. The molecule has 0 saturated heterocycles. The van der Waals surface area contributed by atoms with E-state index in [4.69, 9.17) is 9.62 Å². The molecule has 0 fully saturated rings. The summed E-state index contributed by atoms with van der Waals surface area (Å²) in [6.07, 6.45) is 0. The summed E-state index contributed by atoms with van der Waals surface area (Å²) in [6, 6.07) is 9.63. The highest BCUT2D eigenvalue weighted by Crippen LogP contribution is 2.13. The molecule has 0 bridgehead atoms. The standard InChI is InChI=1S/C16H25NO4/c1-16(2,3)15(18)17-14(12-21-19-4)11-20-10-13-8-6-5-7-9-13/h5-9,14H,10-12H2,1-4H3,(H,17,18). The Labute approximate surface area is 126 Å². The van der Waals surface area contributed by atoms with Gasteiger partial charge in [-0.2, -0.15) is 0 Å². The molecule has 1 unspecified atom stereocenters. The van der Waals surface area contributed by atoms with Crippen molar-refractivity contribution in [2.75, 3.05) is 20.3 Å². The zero-order valence-corrected chi connectivity index (χ0v) is 13.2. The smallest absolute Gasteiger partial charge is 0.225 e. The van der Waals surface area contributed by atoms with Gasteiger partial charge in [-0.15, -0.1) is 0 Å². The molecule has 0 heterocycles. The second-order valence-electron chi connectivity index (χ2n) is 5.87. The summed E-state index contributed by atoms with van der Waals surface area (Å²) in [5, 5.41) is 2.91. The van der Waals surface area contributed by atoms with Crippen molar-refractivity contribution in [2.24, 2.45) is 5.41 Å². The Hall–Kier alpha value is -1.43. The van der Waals surface area contributed by atoms with Gasteiger partial charge in [0.25, 0.3) is 0 Å². The van der Waals surface area contributed by atoms with Gasteiger partial charge in [0.1, 0.15) is 6.61 Å². The van der Waals surface area contributed by atoms with Crippen molar-refractivity contribution < 1.29 is 19.3 Å². The minimum Gasteiger partial charge on any atom is -0.375 e. The van der Waals surface area contributed by atoms with Crippen molar-refractivity contribution in [1.29, 1.82) is 0 Å². The largest absolute Gasteiger partial charge is 0.375 e. The van der Waals surface area contributed by atoms with Gasteiger partial charge in [-0.1, -0.05) is 51.1 Å². The predicted molar refractivity (Wildman–Crippen MR) is 80.4 cm³/mol. The van der Waals surface area contributed by atoms with Gasteiger partial charge in [-0.05, 0) is 5.56 Å². The van der Waals surface area contributed by atoms with Gasteiger partial charge in [0.15, 0.2) is 0 Å². The summed E-state index contributed by atoms with van der Waals surface area (Å²) in [4.78, 5) is 21.5. The Morgan fingerprint density at radius 1 is 1.19 bits per heavy atom. The number of hydrogen-bond donors (Lipinski definition) is 1. The van der Waals surface area contributed by atoms with Gasteiger partial charge < -0.3 is 10.1 Å². The molecule has 0 spiro atoms. The van der Waals surface area contributed by atoms with Gasteiger partial charge in [0, 0.05) is 5.41 Å². The third kappa shape index (κ3) is 7.22. The molecular formula is C16H25NO4. The van der Waals surface area contributed by atoms with Crippen LogP contribution in [-0.2, 0) is 25.9 Å². The lowest BCUT2D eigenvalue weighted by atomic mass is 9.95. The Morgan fingerprint density at radius 2 is 1.86 bits per heavy atom. The molecule has 0 aliphatic heterocycles. The van der Waals surface area contributed by atoms with E-state index in [1.54, 1.807) is 0 Å². The molecule has 1 N–H and O–H groups in total. The summed E-state index contributed by atoms with van der Waals surface area (Å²) in [6.45, 7) is 6.69. The zero-order valence-electron chi connectivity index (χ0n) is 13.2. The maximum Gasteiger partial charge on any atom is 0.225 e. The summed E-state index contributed by atoms with van der Waals surface area (Å²) in [7, 11) is 1.44. The van der Waals surface area contributed by atoms with E-state index in [0.29, 0.717) is 13.2 Å². The van der Waals surface area contributed by atoms with Gasteiger partial charge in [-0.25, -0.2) is 9.78 Å². The molecule has 5 heteroatoms. The molecule has 118 valence electrons. The third-order valence-electron chi connectivity index (χ3n) is 2.83. The van der Waals surface area contributed by atoms with Crippen LogP contribution in [0.4, 0.5) is 0 Å². The fourth-order valence-corrected chi connectivity index (χ4v) is 1.58. The Morgan fingerprint density at radius 3 is 2.43 bits per heavy atom. The molecular weight excluding hydrogens is 270 g/mol. The molecule has 0 saturated carbocycles. The van der Waals surface area contributed by atoms with Crippen LogP contribution in [-0.4, -0.2) is 32.3 Å². The minimum atomic E-state index is -0.454. The van der Waals surface area contributed by atoms with Gasteiger partial charge in [-0.3, -0.25) is 4.79 Å². The number of nitrogens with one attached hydrogen (secondary N) is 1.